The summed E-state index contributed by atoms with van der Waals surface area (Å²) in [6.45, 7) is 4.24. The molecular weight excluding hydrogens is 186 g/mol. The first kappa shape index (κ1) is 11.4. The van der Waals surface area contributed by atoms with Crippen LogP contribution in [0.3, 0.4) is 0 Å². The molecule has 0 amide bonds. The fourth-order valence-corrected chi connectivity index (χ4v) is 2.51. The van der Waals surface area contributed by atoms with E-state index >= 15 is 0 Å². The first-order chi connectivity index (χ1) is 7.38. The highest BCUT2D eigenvalue weighted by atomic mass is 16.5. The van der Waals surface area contributed by atoms with Crippen LogP contribution in [0.15, 0.2) is 0 Å². The van der Waals surface area contributed by atoms with E-state index in [2.05, 4.69) is 12.2 Å². The van der Waals surface area contributed by atoms with E-state index in [0.717, 1.165) is 31.2 Å². The lowest BCUT2D eigenvalue weighted by Crippen LogP contribution is -2.38. The van der Waals surface area contributed by atoms with E-state index in [9.17, 15) is 0 Å². The van der Waals surface area contributed by atoms with Gasteiger partial charge < -0.3 is 10.1 Å². The minimum absolute atomic E-state index is 0.719. The zero-order valence-corrected chi connectivity index (χ0v) is 10.0. The van der Waals surface area contributed by atoms with Crippen molar-refractivity contribution >= 4 is 0 Å². The fraction of sp³-hybridized carbons (Fsp3) is 1.00. The maximum absolute atomic E-state index is 5.49. The van der Waals surface area contributed by atoms with Gasteiger partial charge in [0.05, 0.1) is 0 Å². The standard InChI is InChI=1S/C13H25NO/c1-2-12(10-11-5-6-11)14-13-4-3-8-15-9-7-13/h11-14H,2-10H2,1H3. The van der Waals surface area contributed by atoms with Gasteiger partial charge in [0.15, 0.2) is 0 Å². The Morgan fingerprint density at radius 3 is 2.80 bits per heavy atom. The highest BCUT2D eigenvalue weighted by Crippen LogP contribution is 2.34. The van der Waals surface area contributed by atoms with Gasteiger partial charge in [-0.3, -0.25) is 0 Å². The normalized spacial score (nSPS) is 29.8. The molecule has 2 rings (SSSR count). The Kier molecular flexibility index (Phi) is 4.45. The van der Waals surface area contributed by atoms with Gasteiger partial charge in [-0.05, 0) is 38.0 Å². The Balaban J connectivity index is 1.70. The lowest BCUT2D eigenvalue weighted by molar-refractivity contribution is 0.142. The van der Waals surface area contributed by atoms with E-state index in [1.807, 2.05) is 0 Å². The van der Waals surface area contributed by atoms with Crippen molar-refractivity contribution in [3.05, 3.63) is 0 Å². The van der Waals surface area contributed by atoms with Gasteiger partial charge in [-0.2, -0.15) is 0 Å². The largest absolute Gasteiger partial charge is 0.381 e. The molecule has 1 heterocycles. The molecule has 0 radical (unpaired) electrons. The summed E-state index contributed by atoms with van der Waals surface area (Å²) in [5.41, 5.74) is 0. The minimum atomic E-state index is 0.719. The molecule has 1 saturated heterocycles. The van der Waals surface area contributed by atoms with Gasteiger partial charge in [-0.25, -0.2) is 0 Å². The van der Waals surface area contributed by atoms with Crippen LogP contribution in [-0.4, -0.2) is 25.3 Å². The van der Waals surface area contributed by atoms with Crippen LogP contribution in [-0.2, 0) is 4.74 Å². The number of nitrogens with one attached hydrogen (secondary N) is 1. The van der Waals surface area contributed by atoms with Crippen LogP contribution in [0.1, 0.15) is 51.9 Å². The lowest BCUT2D eigenvalue weighted by Gasteiger charge is -2.23. The van der Waals surface area contributed by atoms with Crippen molar-refractivity contribution in [3.63, 3.8) is 0 Å². The summed E-state index contributed by atoms with van der Waals surface area (Å²) in [5, 5.41) is 3.84. The molecule has 0 aromatic heterocycles. The molecule has 0 aromatic rings. The van der Waals surface area contributed by atoms with Crippen LogP contribution in [0, 0.1) is 5.92 Å². The maximum Gasteiger partial charge on any atom is 0.0480 e. The van der Waals surface area contributed by atoms with E-state index in [1.54, 1.807) is 0 Å². The number of rotatable bonds is 5. The third kappa shape index (κ3) is 4.12. The molecule has 1 N–H and O–H groups in total. The molecule has 2 fully saturated rings. The second kappa shape index (κ2) is 5.86. The Morgan fingerprint density at radius 2 is 2.07 bits per heavy atom. The molecule has 1 aliphatic carbocycles. The summed E-state index contributed by atoms with van der Waals surface area (Å²) >= 11 is 0. The molecule has 15 heavy (non-hydrogen) atoms. The second-order valence-electron chi connectivity index (χ2n) is 5.19. The van der Waals surface area contributed by atoms with Crippen LogP contribution in [0.4, 0.5) is 0 Å². The van der Waals surface area contributed by atoms with Gasteiger partial charge in [-0.1, -0.05) is 19.8 Å². The molecule has 0 spiro atoms. The quantitative estimate of drug-likeness (QED) is 0.755. The topological polar surface area (TPSA) is 21.3 Å². The molecule has 0 bridgehead atoms. The number of ether oxygens (including phenoxy) is 1. The maximum atomic E-state index is 5.49. The molecule has 2 heteroatoms. The van der Waals surface area contributed by atoms with Crippen LogP contribution >= 0.6 is 0 Å². The van der Waals surface area contributed by atoms with Gasteiger partial charge >= 0.3 is 0 Å². The second-order valence-corrected chi connectivity index (χ2v) is 5.19. The lowest BCUT2D eigenvalue weighted by atomic mass is 10.0. The zero-order chi connectivity index (χ0) is 10.5. The van der Waals surface area contributed by atoms with Crippen molar-refractivity contribution in [1.82, 2.24) is 5.32 Å². The smallest absolute Gasteiger partial charge is 0.0480 e. The van der Waals surface area contributed by atoms with Crippen LogP contribution < -0.4 is 5.32 Å². The fourth-order valence-electron chi connectivity index (χ4n) is 2.51. The van der Waals surface area contributed by atoms with Gasteiger partial charge in [0, 0.05) is 25.3 Å². The number of hydrogen-bond acceptors (Lipinski definition) is 2. The van der Waals surface area contributed by atoms with Crippen molar-refractivity contribution in [2.24, 2.45) is 5.92 Å². The third-order valence-electron chi connectivity index (χ3n) is 3.73. The molecule has 2 aliphatic rings. The van der Waals surface area contributed by atoms with E-state index in [0.29, 0.717) is 0 Å². The zero-order valence-electron chi connectivity index (χ0n) is 10.0. The van der Waals surface area contributed by atoms with Gasteiger partial charge in [0.1, 0.15) is 0 Å². The highest BCUT2D eigenvalue weighted by molar-refractivity contribution is 4.82. The van der Waals surface area contributed by atoms with E-state index in [-0.39, 0.29) is 0 Å². The first-order valence-electron chi connectivity index (χ1n) is 6.72. The average molecular weight is 211 g/mol. The van der Waals surface area contributed by atoms with Crippen LogP contribution in [0.5, 0.6) is 0 Å². The van der Waals surface area contributed by atoms with Crippen molar-refractivity contribution in [3.8, 4) is 0 Å². The Labute approximate surface area is 93.8 Å². The minimum Gasteiger partial charge on any atom is -0.381 e. The van der Waals surface area contributed by atoms with Crippen LogP contribution in [0.25, 0.3) is 0 Å². The molecule has 2 nitrogen and oxygen atoms in total. The molecule has 0 aromatic carbocycles. The van der Waals surface area contributed by atoms with E-state index in [1.165, 1.54) is 44.9 Å². The predicted octanol–water partition coefficient (Wildman–Crippen LogP) is 2.72. The van der Waals surface area contributed by atoms with Gasteiger partial charge in [-0.15, -0.1) is 0 Å². The molecule has 2 unspecified atom stereocenters. The summed E-state index contributed by atoms with van der Waals surface area (Å²) in [6, 6.07) is 1.48. The van der Waals surface area contributed by atoms with Crippen molar-refractivity contribution in [2.75, 3.05) is 13.2 Å². The van der Waals surface area contributed by atoms with Crippen molar-refractivity contribution in [1.29, 1.82) is 0 Å². The van der Waals surface area contributed by atoms with Gasteiger partial charge in [0.25, 0.3) is 0 Å². The summed E-state index contributed by atoms with van der Waals surface area (Å²) in [5.74, 6) is 1.05. The summed E-state index contributed by atoms with van der Waals surface area (Å²) in [7, 11) is 0. The Hall–Kier alpha value is -0.0800. The number of hydrogen-bond donors (Lipinski definition) is 1. The molecule has 1 aliphatic heterocycles. The summed E-state index contributed by atoms with van der Waals surface area (Å²) in [6.07, 6.45) is 9.40. The Bertz CT molecular complexity index is 171. The Morgan fingerprint density at radius 1 is 1.20 bits per heavy atom. The highest BCUT2D eigenvalue weighted by Gasteiger charge is 2.26. The summed E-state index contributed by atoms with van der Waals surface area (Å²) < 4.78 is 5.49. The predicted molar refractivity (Wildman–Crippen MR) is 63.0 cm³/mol. The first-order valence-corrected chi connectivity index (χ1v) is 6.72. The third-order valence-corrected chi connectivity index (χ3v) is 3.73. The van der Waals surface area contributed by atoms with E-state index < -0.39 is 0 Å². The molecule has 2 atom stereocenters. The van der Waals surface area contributed by atoms with Gasteiger partial charge in [0.2, 0.25) is 0 Å². The monoisotopic (exact) mass is 211 g/mol. The molecule has 88 valence electrons. The molecule has 1 saturated carbocycles. The van der Waals surface area contributed by atoms with Crippen LogP contribution in [0.2, 0.25) is 0 Å². The van der Waals surface area contributed by atoms with Crippen molar-refractivity contribution in [2.45, 2.75) is 64.0 Å². The SMILES string of the molecule is CCC(CC1CC1)NC1CCCOCC1. The average Bonchev–Trinajstić information content (AvgIpc) is 3.04. The molecular formula is C13H25NO. The van der Waals surface area contributed by atoms with Crippen molar-refractivity contribution < 1.29 is 4.74 Å². The van der Waals surface area contributed by atoms with E-state index in [4.69, 9.17) is 4.74 Å². The summed E-state index contributed by atoms with van der Waals surface area (Å²) in [4.78, 5) is 0.